The highest BCUT2D eigenvalue weighted by Gasteiger charge is 2.41. The quantitative estimate of drug-likeness (QED) is 0.854. The maximum Gasteiger partial charge on any atom is 0.268 e. The van der Waals surface area contributed by atoms with E-state index in [4.69, 9.17) is 10.5 Å². The molecule has 2 aliphatic rings. The van der Waals surface area contributed by atoms with E-state index >= 15 is 0 Å². The third-order valence-corrected chi connectivity index (χ3v) is 5.92. The molecule has 7 nitrogen and oxygen atoms in total. The molecule has 1 spiro atoms. The van der Waals surface area contributed by atoms with Gasteiger partial charge in [-0.2, -0.15) is 0 Å². The normalized spacial score (nSPS) is 22.5. The van der Waals surface area contributed by atoms with E-state index in [9.17, 15) is 4.79 Å². The van der Waals surface area contributed by atoms with E-state index in [0.29, 0.717) is 0 Å². The van der Waals surface area contributed by atoms with Gasteiger partial charge in [0.05, 0.1) is 19.5 Å². The number of hydrogen-bond acceptors (Lipinski definition) is 6. The number of carbonyl (C=O) groups excluding carboxylic acids is 1. The lowest BCUT2D eigenvalue weighted by Gasteiger charge is -2.40. The molecule has 3 heterocycles. The standard InChI is InChI=1S/C21H27N5O2/c1-28-17-5-2-4-16(10-17)13-25-8-3-6-21(14-25)7-9-26(15-21)19-12-23-11-18(24-19)20(22)27/h2,4-5,10-12H,3,6-9,13-15H2,1H3,(H2,22,27)/t21-/m1/s1. The fraction of sp³-hybridized carbons (Fsp3) is 0.476. The van der Waals surface area contributed by atoms with Crippen LogP contribution in [0.3, 0.4) is 0 Å². The van der Waals surface area contributed by atoms with E-state index in [1.165, 1.54) is 24.6 Å². The first-order chi connectivity index (χ1) is 13.6. The van der Waals surface area contributed by atoms with Crippen LogP contribution in [0.25, 0.3) is 0 Å². The zero-order valence-corrected chi connectivity index (χ0v) is 16.3. The molecule has 7 heteroatoms. The number of methoxy groups -OCH3 is 1. The number of carbonyl (C=O) groups is 1. The Morgan fingerprint density at radius 3 is 2.96 bits per heavy atom. The van der Waals surface area contributed by atoms with Crippen LogP contribution in [-0.2, 0) is 6.54 Å². The molecule has 1 amide bonds. The molecule has 0 aliphatic carbocycles. The molecule has 1 atom stereocenters. The van der Waals surface area contributed by atoms with Crippen LogP contribution in [0.5, 0.6) is 5.75 Å². The van der Waals surface area contributed by atoms with Crippen LogP contribution in [0.15, 0.2) is 36.7 Å². The fourth-order valence-corrected chi connectivity index (χ4v) is 4.56. The first-order valence-corrected chi connectivity index (χ1v) is 9.79. The highest BCUT2D eigenvalue weighted by molar-refractivity contribution is 5.90. The Hall–Kier alpha value is -2.67. The Kier molecular flexibility index (Phi) is 5.17. The summed E-state index contributed by atoms with van der Waals surface area (Å²) >= 11 is 0. The first kappa shape index (κ1) is 18.7. The summed E-state index contributed by atoms with van der Waals surface area (Å²) in [6.07, 6.45) is 6.70. The molecule has 0 saturated carbocycles. The van der Waals surface area contributed by atoms with Crippen LogP contribution in [0.4, 0.5) is 5.82 Å². The highest BCUT2D eigenvalue weighted by atomic mass is 16.5. The molecule has 0 unspecified atom stereocenters. The van der Waals surface area contributed by atoms with Gasteiger partial charge in [0.2, 0.25) is 0 Å². The Bertz CT molecular complexity index is 858. The van der Waals surface area contributed by atoms with Crippen LogP contribution in [0, 0.1) is 5.41 Å². The monoisotopic (exact) mass is 381 g/mol. The van der Waals surface area contributed by atoms with Crippen LogP contribution >= 0.6 is 0 Å². The van der Waals surface area contributed by atoms with Crippen molar-refractivity contribution < 1.29 is 9.53 Å². The summed E-state index contributed by atoms with van der Waals surface area (Å²) in [4.78, 5) is 24.7. The molecule has 1 aromatic carbocycles. The molecular weight excluding hydrogens is 354 g/mol. The van der Waals surface area contributed by atoms with Crippen LogP contribution < -0.4 is 15.4 Å². The van der Waals surface area contributed by atoms with E-state index < -0.39 is 5.91 Å². The molecule has 2 aromatic rings. The largest absolute Gasteiger partial charge is 0.497 e. The topological polar surface area (TPSA) is 84.6 Å². The van der Waals surface area contributed by atoms with Gasteiger partial charge < -0.3 is 15.4 Å². The van der Waals surface area contributed by atoms with Crippen molar-refractivity contribution in [3.63, 3.8) is 0 Å². The maximum atomic E-state index is 11.4. The van der Waals surface area contributed by atoms with Crippen molar-refractivity contribution >= 4 is 11.7 Å². The fourth-order valence-electron chi connectivity index (χ4n) is 4.56. The van der Waals surface area contributed by atoms with E-state index in [1.54, 1.807) is 13.3 Å². The van der Waals surface area contributed by atoms with Gasteiger partial charge in [-0.05, 0) is 43.5 Å². The predicted molar refractivity (Wildman–Crippen MR) is 107 cm³/mol. The van der Waals surface area contributed by atoms with Crippen molar-refractivity contribution in [2.45, 2.75) is 25.8 Å². The number of hydrogen-bond donors (Lipinski definition) is 1. The van der Waals surface area contributed by atoms with Crippen molar-refractivity contribution in [2.75, 3.05) is 38.2 Å². The number of anilines is 1. The van der Waals surface area contributed by atoms with Crippen LogP contribution in [0.2, 0.25) is 0 Å². The summed E-state index contributed by atoms with van der Waals surface area (Å²) in [5.41, 5.74) is 7.13. The lowest BCUT2D eigenvalue weighted by Crippen LogP contribution is -2.44. The number of nitrogens with zero attached hydrogens (tertiary/aromatic N) is 4. The van der Waals surface area contributed by atoms with Crippen molar-refractivity contribution in [3.05, 3.63) is 47.9 Å². The molecule has 2 fully saturated rings. The van der Waals surface area contributed by atoms with Gasteiger partial charge in [-0.1, -0.05) is 12.1 Å². The third kappa shape index (κ3) is 3.94. The SMILES string of the molecule is COc1cccc(CN2CCC[C@@]3(CCN(c4cncc(C(N)=O)n4)C3)C2)c1. The Balaban J connectivity index is 1.44. The van der Waals surface area contributed by atoms with E-state index in [2.05, 4.69) is 38.0 Å². The Morgan fingerprint density at radius 1 is 1.25 bits per heavy atom. The summed E-state index contributed by atoms with van der Waals surface area (Å²) < 4.78 is 5.36. The molecule has 148 valence electrons. The van der Waals surface area contributed by atoms with E-state index in [0.717, 1.165) is 50.7 Å². The van der Waals surface area contributed by atoms with Gasteiger partial charge in [-0.3, -0.25) is 14.7 Å². The van der Waals surface area contributed by atoms with Crippen LogP contribution in [-0.4, -0.2) is 54.1 Å². The first-order valence-electron chi connectivity index (χ1n) is 9.79. The number of ether oxygens (including phenoxy) is 1. The van der Waals surface area contributed by atoms with Crippen molar-refractivity contribution in [1.29, 1.82) is 0 Å². The van der Waals surface area contributed by atoms with Gasteiger partial charge in [-0.15, -0.1) is 0 Å². The minimum atomic E-state index is -0.537. The lowest BCUT2D eigenvalue weighted by molar-refractivity contribution is 0.0991. The lowest BCUT2D eigenvalue weighted by atomic mass is 9.79. The minimum absolute atomic E-state index is 0.224. The van der Waals surface area contributed by atoms with Gasteiger partial charge in [0.15, 0.2) is 0 Å². The molecule has 28 heavy (non-hydrogen) atoms. The average Bonchev–Trinajstić information content (AvgIpc) is 3.11. The van der Waals surface area contributed by atoms with Crippen molar-refractivity contribution in [2.24, 2.45) is 11.1 Å². The van der Waals surface area contributed by atoms with Gasteiger partial charge in [0, 0.05) is 31.6 Å². The Morgan fingerprint density at radius 2 is 2.14 bits per heavy atom. The summed E-state index contributed by atoms with van der Waals surface area (Å²) in [7, 11) is 1.71. The molecule has 2 aliphatic heterocycles. The summed E-state index contributed by atoms with van der Waals surface area (Å²) in [5, 5.41) is 0. The zero-order valence-electron chi connectivity index (χ0n) is 16.3. The summed E-state index contributed by atoms with van der Waals surface area (Å²) in [5.74, 6) is 1.12. The van der Waals surface area contributed by atoms with Crippen molar-refractivity contribution in [1.82, 2.24) is 14.9 Å². The third-order valence-electron chi connectivity index (χ3n) is 5.92. The number of aromatic nitrogens is 2. The highest BCUT2D eigenvalue weighted by Crippen LogP contribution is 2.40. The second-order valence-corrected chi connectivity index (χ2v) is 7.96. The zero-order chi connectivity index (χ0) is 19.6. The minimum Gasteiger partial charge on any atom is -0.497 e. The summed E-state index contributed by atoms with van der Waals surface area (Å²) in [6.45, 7) is 5.01. The number of likely N-dealkylation sites (tertiary alicyclic amines) is 1. The second kappa shape index (κ2) is 7.75. The second-order valence-electron chi connectivity index (χ2n) is 7.96. The predicted octanol–water partition coefficient (Wildman–Crippen LogP) is 2.08. The molecular formula is C21H27N5O2. The number of benzene rings is 1. The summed E-state index contributed by atoms with van der Waals surface area (Å²) in [6, 6.07) is 8.32. The van der Waals surface area contributed by atoms with Gasteiger partial charge in [-0.25, -0.2) is 4.98 Å². The number of rotatable bonds is 5. The molecule has 4 rings (SSSR count). The number of amides is 1. The van der Waals surface area contributed by atoms with Gasteiger partial charge in [0.25, 0.3) is 5.91 Å². The van der Waals surface area contributed by atoms with Crippen molar-refractivity contribution in [3.8, 4) is 5.75 Å². The molecule has 0 bridgehead atoms. The average molecular weight is 381 g/mol. The Labute approximate surface area is 165 Å². The molecule has 0 radical (unpaired) electrons. The van der Waals surface area contributed by atoms with Gasteiger partial charge in [0.1, 0.15) is 17.3 Å². The van der Waals surface area contributed by atoms with E-state index in [1.807, 2.05) is 6.07 Å². The van der Waals surface area contributed by atoms with Crippen LogP contribution in [0.1, 0.15) is 35.3 Å². The van der Waals surface area contributed by atoms with Gasteiger partial charge >= 0.3 is 0 Å². The number of nitrogens with two attached hydrogens (primary N) is 1. The smallest absolute Gasteiger partial charge is 0.268 e. The number of piperidine rings is 1. The molecule has 2 saturated heterocycles. The van der Waals surface area contributed by atoms with E-state index in [-0.39, 0.29) is 11.1 Å². The maximum absolute atomic E-state index is 11.4. The molecule has 2 N–H and O–H groups in total. The molecule has 1 aromatic heterocycles. The number of primary amides is 1.